The van der Waals surface area contributed by atoms with Gasteiger partial charge in [0.1, 0.15) is 0 Å². The Morgan fingerprint density at radius 3 is 2.67 bits per heavy atom. The van der Waals surface area contributed by atoms with Crippen molar-refractivity contribution in [3.05, 3.63) is 0 Å². The van der Waals surface area contributed by atoms with Gasteiger partial charge in [0.25, 0.3) is 0 Å². The Morgan fingerprint density at radius 2 is 2.13 bits per heavy atom. The van der Waals surface area contributed by atoms with Crippen molar-refractivity contribution < 1.29 is 0 Å². The highest BCUT2D eigenvalue weighted by molar-refractivity contribution is 8.00. The molecular weight excluding hydrogens is 204 g/mol. The van der Waals surface area contributed by atoms with E-state index in [2.05, 4.69) is 44.4 Å². The van der Waals surface area contributed by atoms with Crippen molar-refractivity contribution in [2.24, 2.45) is 11.1 Å². The molecule has 0 radical (unpaired) electrons. The van der Waals surface area contributed by atoms with Gasteiger partial charge in [0.05, 0.1) is 0 Å². The molecule has 2 nitrogen and oxygen atoms in total. The molecule has 0 saturated carbocycles. The first-order chi connectivity index (χ1) is 7.02. The van der Waals surface area contributed by atoms with Gasteiger partial charge in [0.15, 0.2) is 0 Å². The zero-order valence-corrected chi connectivity index (χ0v) is 11.4. The summed E-state index contributed by atoms with van der Waals surface area (Å²) in [5, 5.41) is 0.762. The van der Waals surface area contributed by atoms with Crippen molar-refractivity contribution in [3.63, 3.8) is 0 Å². The van der Waals surface area contributed by atoms with Crippen LogP contribution < -0.4 is 5.73 Å². The maximum Gasteiger partial charge on any atom is 0.0184 e. The molecule has 2 N–H and O–H groups in total. The second-order valence-electron chi connectivity index (χ2n) is 5.16. The maximum atomic E-state index is 5.88. The van der Waals surface area contributed by atoms with Crippen LogP contribution in [0, 0.1) is 5.41 Å². The predicted molar refractivity (Wildman–Crippen MR) is 70.4 cm³/mol. The van der Waals surface area contributed by atoms with E-state index < -0.39 is 0 Å². The van der Waals surface area contributed by atoms with Gasteiger partial charge in [-0.25, -0.2) is 0 Å². The SMILES string of the molecule is CCC(C)(CN)CN1CCSC(C)C1C. The number of thioether (sulfide) groups is 1. The lowest BCUT2D eigenvalue weighted by Gasteiger charge is -2.42. The summed E-state index contributed by atoms with van der Waals surface area (Å²) in [4.78, 5) is 2.62. The zero-order valence-electron chi connectivity index (χ0n) is 10.6. The Bertz CT molecular complexity index is 192. The Labute approximate surface area is 99.0 Å². The van der Waals surface area contributed by atoms with E-state index in [1.165, 1.54) is 18.7 Å². The van der Waals surface area contributed by atoms with Crippen LogP contribution in [0.5, 0.6) is 0 Å². The minimum absolute atomic E-state index is 0.302. The fourth-order valence-electron chi connectivity index (χ4n) is 2.03. The molecule has 0 aromatic rings. The average Bonchev–Trinajstić information content (AvgIpc) is 2.25. The molecule has 3 unspecified atom stereocenters. The Morgan fingerprint density at radius 1 is 1.47 bits per heavy atom. The third kappa shape index (κ3) is 3.36. The van der Waals surface area contributed by atoms with Gasteiger partial charge in [-0.05, 0) is 25.3 Å². The minimum Gasteiger partial charge on any atom is -0.330 e. The third-order valence-electron chi connectivity index (χ3n) is 3.95. The summed E-state index contributed by atoms with van der Waals surface area (Å²) >= 11 is 2.10. The lowest BCUT2D eigenvalue weighted by molar-refractivity contribution is 0.129. The number of rotatable bonds is 4. The van der Waals surface area contributed by atoms with E-state index in [9.17, 15) is 0 Å². The van der Waals surface area contributed by atoms with Gasteiger partial charge in [-0.1, -0.05) is 20.8 Å². The van der Waals surface area contributed by atoms with Crippen molar-refractivity contribution in [1.29, 1.82) is 0 Å². The van der Waals surface area contributed by atoms with Crippen LogP contribution in [0.25, 0.3) is 0 Å². The first-order valence-electron chi connectivity index (χ1n) is 6.08. The molecular formula is C12H26N2S. The van der Waals surface area contributed by atoms with Gasteiger partial charge in [-0.3, -0.25) is 4.90 Å². The molecule has 3 heteroatoms. The number of nitrogens with zero attached hydrogens (tertiary/aromatic N) is 1. The molecule has 1 aliphatic heterocycles. The van der Waals surface area contributed by atoms with Gasteiger partial charge in [-0.2, -0.15) is 11.8 Å². The van der Waals surface area contributed by atoms with E-state index in [-0.39, 0.29) is 0 Å². The largest absolute Gasteiger partial charge is 0.330 e. The molecule has 1 aliphatic rings. The quantitative estimate of drug-likeness (QED) is 0.803. The smallest absolute Gasteiger partial charge is 0.0184 e. The molecule has 0 aromatic carbocycles. The van der Waals surface area contributed by atoms with Gasteiger partial charge in [0.2, 0.25) is 0 Å². The summed E-state index contributed by atoms with van der Waals surface area (Å²) in [7, 11) is 0. The molecule has 1 rings (SSSR count). The third-order valence-corrected chi connectivity index (χ3v) is 5.28. The molecule has 1 saturated heterocycles. The van der Waals surface area contributed by atoms with Crippen LogP contribution >= 0.6 is 11.8 Å². The second kappa shape index (κ2) is 5.55. The van der Waals surface area contributed by atoms with Crippen LogP contribution in [0.15, 0.2) is 0 Å². The summed E-state index contributed by atoms with van der Waals surface area (Å²) in [5.41, 5.74) is 6.18. The normalized spacial score (nSPS) is 32.6. The second-order valence-corrected chi connectivity index (χ2v) is 6.64. The Balaban J connectivity index is 2.56. The summed E-state index contributed by atoms with van der Waals surface area (Å²) in [6.45, 7) is 12.4. The molecule has 0 bridgehead atoms. The van der Waals surface area contributed by atoms with Crippen LogP contribution in [-0.4, -0.2) is 41.6 Å². The summed E-state index contributed by atoms with van der Waals surface area (Å²) in [6, 6.07) is 0.696. The van der Waals surface area contributed by atoms with Crippen molar-refractivity contribution in [2.45, 2.75) is 45.4 Å². The van der Waals surface area contributed by atoms with Crippen molar-refractivity contribution >= 4 is 11.8 Å². The van der Waals surface area contributed by atoms with E-state index in [0.29, 0.717) is 11.5 Å². The first-order valence-corrected chi connectivity index (χ1v) is 7.13. The highest BCUT2D eigenvalue weighted by Crippen LogP contribution is 2.28. The molecule has 0 spiro atoms. The number of hydrogen-bond acceptors (Lipinski definition) is 3. The predicted octanol–water partition coefficient (Wildman–Crippen LogP) is 2.19. The molecule has 3 atom stereocenters. The zero-order chi connectivity index (χ0) is 11.5. The van der Waals surface area contributed by atoms with Crippen LogP contribution in [0.2, 0.25) is 0 Å². The first kappa shape index (κ1) is 13.3. The number of hydrogen-bond donors (Lipinski definition) is 1. The van der Waals surface area contributed by atoms with E-state index in [0.717, 1.165) is 18.3 Å². The standard InChI is InChI=1S/C12H26N2S/c1-5-12(4,8-13)9-14-6-7-15-11(3)10(14)2/h10-11H,5-9,13H2,1-4H3. The monoisotopic (exact) mass is 230 g/mol. The van der Waals surface area contributed by atoms with Crippen LogP contribution in [0.3, 0.4) is 0 Å². The average molecular weight is 230 g/mol. The Hall–Kier alpha value is 0.270. The molecule has 15 heavy (non-hydrogen) atoms. The lowest BCUT2D eigenvalue weighted by atomic mass is 9.86. The molecule has 90 valence electrons. The molecule has 0 amide bonds. The fourth-order valence-corrected chi connectivity index (χ4v) is 3.19. The lowest BCUT2D eigenvalue weighted by Crippen LogP contribution is -2.50. The molecule has 1 heterocycles. The van der Waals surface area contributed by atoms with E-state index in [1.807, 2.05) is 0 Å². The van der Waals surface area contributed by atoms with E-state index in [4.69, 9.17) is 5.73 Å². The fraction of sp³-hybridized carbons (Fsp3) is 1.00. The molecule has 1 fully saturated rings. The number of nitrogens with two attached hydrogens (primary N) is 1. The van der Waals surface area contributed by atoms with Crippen molar-refractivity contribution in [2.75, 3.05) is 25.4 Å². The van der Waals surface area contributed by atoms with Crippen LogP contribution in [0.4, 0.5) is 0 Å². The van der Waals surface area contributed by atoms with Crippen LogP contribution in [0.1, 0.15) is 34.1 Å². The van der Waals surface area contributed by atoms with Crippen molar-refractivity contribution in [3.8, 4) is 0 Å². The van der Waals surface area contributed by atoms with Gasteiger partial charge in [-0.15, -0.1) is 0 Å². The minimum atomic E-state index is 0.302. The van der Waals surface area contributed by atoms with Gasteiger partial charge in [0, 0.05) is 30.1 Å². The summed E-state index contributed by atoms with van der Waals surface area (Å²) in [5.74, 6) is 1.27. The molecule has 0 aromatic heterocycles. The summed E-state index contributed by atoms with van der Waals surface area (Å²) < 4.78 is 0. The highest BCUT2D eigenvalue weighted by Gasteiger charge is 2.30. The Kier molecular flexibility index (Phi) is 4.94. The highest BCUT2D eigenvalue weighted by atomic mass is 32.2. The van der Waals surface area contributed by atoms with Gasteiger partial charge >= 0.3 is 0 Å². The topological polar surface area (TPSA) is 29.3 Å². The molecule has 0 aliphatic carbocycles. The summed E-state index contributed by atoms with van der Waals surface area (Å²) in [6.07, 6.45) is 1.17. The van der Waals surface area contributed by atoms with E-state index in [1.54, 1.807) is 0 Å². The van der Waals surface area contributed by atoms with E-state index >= 15 is 0 Å². The van der Waals surface area contributed by atoms with Crippen molar-refractivity contribution in [1.82, 2.24) is 4.90 Å². The van der Waals surface area contributed by atoms with Gasteiger partial charge < -0.3 is 5.73 Å². The van der Waals surface area contributed by atoms with Crippen LogP contribution in [-0.2, 0) is 0 Å². The maximum absolute atomic E-state index is 5.88.